The number of methoxy groups -OCH3 is 2. The molecular weight excluding hydrogens is 321 g/mol. The number of hydrogen-bond acceptors (Lipinski definition) is 4. The number of halogens is 1. The van der Waals surface area contributed by atoms with Crippen LogP contribution in [0.4, 0.5) is 10.1 Å². The first-order valence-electron chi connectivity index (χ1n) is 6.94. The summed E-state index contributed by atoms with van der Waals surface area (Å²) in [5.74, 6) is 0.437. The SMILES string of the molecule is CCN(c1ccc(OC)cc1OC)S(=O)(=O)c1ccc(F)cc1. The van der Waals surface area contributed by atoms with Crippen molar-refractivity contribution in [2.75, 3.05) is 25.1 Å². The Kier molecular flexibility index (Phi) is 5.10. The van der Waals surface area contributed by atoms with Crippen molar-refractivity contribution in [1.82, 2.24) is 0 Å². The van der Waals surface area contributed by atoms with Crippen molar-refractivity contribution in [1.29, 1.82) is 0 Å². The molecule has 0 aromatic heterocycles. The normalized spacial score (nSPS) is 11.1. The Bertz CT molecular complexity index is 775. The molecule has 23 heavy (non-hydrogen) atoms. The average molecular weight is 339 g/mol. The van der Waals surface area contributed by atoms with Gasteiger partial charge in [-0.25, -0.2) is 12.8 Å². The Labute approximate surface area is 135 Å². The molecule has 0 fully saturated rings. The van der Waals surface area contributed by atoms with Gasteiger partial charge in [0, 0.05) is 12.6 Å². The molecule has 0 aliphatic rings. The van der Waals surface area contributed by atoms with Crippen molar-refractivity contribution in [2.24, 2.45) is 0 Å². The predicted molar refractivity (Wildman–Crippen MR) is 86.2 cm³/mol. The van der Waals surface area contributed by atoms with Crippen LogP contribution >= 0.6 is 0 Å². The highest BCUT2D eigenvalue weighted by atomic mass is 32.2. The number of anilines is 1. The van der Waals surface area contributed by atoms with E-state index in [1.165, 1.54) is 30.7 Å². The molecule has 0 aliphatic heterocycles. The lowest BCUT2D eigenvalue weighted by Crippen LogP contribution is -2.31. The second kappa shape index (κ2) is 6.87. The van der Waals surface area contributed by atoms with Crippen molar-refractivity contribution >= 4 is 15.7 Å². The molecule has 0 N–H and O–H groups in total. The van der Waals surface area contributed by atoms with Crippen molar-refractivity contribution < 1.29 is 22.3 Å². The standard InChI is InChI=1S/C16H18FNO4S/c1-4-18(15-10-7-13(21-2)11-16(15)22-3)23(19,20)14-8-5-12(17)6-9-14/h5-11H,4H2,1-3H3. The van der Waals surface area contributed by atoms with Crippen molar-refractivity contribution in [3.8, 4) is 11.5 Å². The fourth-order valence-corrected chi connectivity index (χ4v) is 3.68. The van der Waals surface area contributed by atoms with Gasteiger partial charge in [-0.2, -0.15) is 0 Å². The molecule has 124 valence electrons. The molecule has 0 bridgehead atoms. The van der Waals surface area contributed by atoms with Crippen LogP contribution < -0.4 is 13.8 Å². The number of sulfonamides is 1. The van der Waals surface area contributed by atoms with Crippen LogP contribution in [0.15, 0.2) is 47.4 Å². The highest BCUT2D eigenvalue weighted by Gasteiger charge is 2.26. The maximum absolute atomic E-state index is 13.0. The van der Waals surface area contributed by atoms with E-state index in [1.807, 2.05) is 0 Å². The molecule has 0 radical (unpaired) electrons. The highest BCUT2D eigenvalue weighted by Crippen LogP contribution is 2.35. The molecule has 2 aromatic carbocycles. The van der Waals surface area contributed by atoms with Crippen LogP contribution in [-0.4, -0.2) is 29.2 Å². The third kappa shape index (κ3) is 3.39. The van der Waals surface area contributed by atoms with E-state index in [-0.39, 0.29) is 11.4 Å². The van der Waals surface area contributed by atoms with E-state index in [1.54, 1.807) is 25.1 Å². The number of hydrogen-bond donors (Lipinski definition) is 0. The summed E-state index contributed by atoms with van der Waals surface area (Å²) in [6, 6.07) is 9.59. The average Bonchev–Trinajstić information content (AvgIpc) is 2.56. The lowest BCUT2D eigenvalue weighted by atomic mass is 10.2. The maximum atomic E-state index is 13.0. The second-order valence-electron chi connectivity index (χ2n) is 4.66. The maximum Gasteiger partial charge on any atom is 0.264 e. The van der Waals surface area contributed by atoms with E-state index in [2.05, 4.69) is 0 Å². The summed E-state index contributed by atoms with van der Waals surface area (Å²) >= 11 is 0. The quantitative estimate of drug-likeness (QED) is 0.812. The first kappa shape index (κ1) is 17.1. The molecule has 0 spiro atoms. The van der Waals surface area contributed by atoms with Crippen LogP contribution in [0.2, 0.25) is 0 Å². The Morgan fingerprint density at radius 2 is 1.70 bits per heavy atom. The zero-order valence-electron chi connectivity index (χ0n) is 13.1. The van der Waals surface area contributed by atoms with Crippen LogP contribution in [0.1, 0.15) is 6.92 Å². The lowest BCUT2D eigenvalue weighted by Gasteiger charge is -2.25. The summed E-state index contributed by atoms with van der Waals surface area (Å²) in [5, 5.41) is 0. The van der Waals surface area contributed by atoms with E-state index in [4.69, 9.17) is 9.47 Å². The molecular formula is C16H18FNO4S. The van der Waals surface area contributed by atoms with E-state index in [9.17, 15) is 12.8 Å². The first-order chi connectivity index (χ1) is 10.9. The number of benzene rings is 2. The number of ether oxygens (including phenoxy) is 2. The summed E-state index contributed by atoms with van der Waals surface area (Å²) in [7, 11) is -0.857. The molecule has 0 saturated heterocycles. The predicted octanol–water partition coefficient (Wildman–Crippen LogP) is 3.06. The van der Waals surface area contributed by atoms with E-state index < -0.39 is 15.8 Å². The Balaban J connectivity index is 2.52. The Hall–Kier alpha value is -2.28. The first-order valence-corrected chi connectivity index (χ1v) is 8.38. The van der Waals surface area contributed by atoms with Crippen LogP contribution in [0.5, 0.6) is 11.5 Å². The third-order valence-corrected chi connectivity index (χ3v) is 5.25. The summed E-state index contributed by atoms with van der Waals surface area (Å²) in [6.07, 6.45) is 0. The minimum absolute atomic E-state index is 0.0126. The monoisotopic (exact) mass is 339 g/mol. The van der Waals surface area contributed by atoms with Crippen LogP contribution in [0.25, 0.3) is 0 Å². The topological polar surface area (TPSA) is 55.8 Å². The summed E-state index contributed by atoms with van der Waals surface area (Å²) in [6.45, 7) is 1.91. The molecule has 0 heterocycles. The smallest absolute Gasteiger partial charge is 0.264 e. The van der Waals surface area contributed by atoms with Gasteiger partial charge in [-0.3, -0.25) is 4.31 Å². The van der Waals surface area contributed by atoms with E-state index in [0.29, 0.717) is 17.2 Å². The molecule has 7 heteroatoms. The van der Waals surface area contributed by atoms with Gasteiger partial charge in [-0.15, -0.1) is 0 Å². The molecule has 0 atom stereocenters. The van der Waals surface area contributed by atoms with Crippen LogP contribution in [-0.2, 0) is 10.0 Å². The molecule has 0 amide bonds. The molecule has 5 nitrogen and oxygen atoms in total. The Morgan fingerprint density at radius 1 is 1.04 bits per heavy atom. The third-order valence-electron chi connectivity index (χ3n) is 3.34. The minimum Gasteiger partial charge on any atom is -0.497 e. The van der Waals surface area contributed by atoms with Crippen molar-refractivity contribution in [3.63, 3.8) is 0 Å². The zero-order chi connectivity index (χ0) is 17.0. The molecule has 0 aliphatic carbocycles. The molecule has 0 unspecified atom stereocenters. The van der Waals surface area contributed by atoms with Gasteiger partial charge < -0.3 is 9.47 Å². The summed E-state index contributed by atoms with van der Waals surface area (Å²) in [5.41, 5.74) is 0.389. The van der Waals surface area contributed by atoms with Crippen molar-refractivity contribution in [3.05, 3.63) is 48.3 Å². The lowest BCUT2D eigenvalue weighted by molar-refractivity contribution is 0.395. The summed E-state index contributed by atoms with van der Waals surface area (Å²) in [4.78, 5) is 0.0126. The minimum atomic E-state index is -3.83. The molecule has 2 rings (SSSR count). The van der Waals surface area contributed by atoms with Gasteiger partial charge in [-0.1, -0.05) is 0 Å². The summed E-state index contributed by atoms with van der Waals surface area (Å²) < 4.78 is 50.3. The van der Waals surface area contributed by atoms with E-state index >= 15 is 0 Å². The van der Waals surface area contributed by atoms with Gasteiger partial charge in [0.2, 0.25) is 0 Å². The second-order valence-corrected chi connectivity index (χ2v) is 6.52. The Morgan fingerprint density at radius 3 is 2.22 bits per heavy atom. The van der Waals surface area contributed by atoms with Crippen LogP contribution in [0, 0.1) is 5.82 Å². The van der Waals surface area contributed by atoms with Gasteiger partial charge in [0.1, 0.15) is 17.3 Å². The van der Waals surface area contributed by atoms with Gasteiger partial charge in [0.25, 0.3) is 10.0 Å². The van der Waals surface area contributed by atoms with Gasteiger partial charge in [-0.05, 0) is 43.3 Å². The van der Waals surface area contributed by atoms with E-state index in [0.717, 1.165) is 12.1 Å². The van der Waals surface area contributed by atoms with Gasteiger partial charge in [0.15, 0.2) is 0 Å². The largest absolute Gasteiger partial charge is 0.497 e. The highest BCUT2D eigenvalue weighted by molar-refractivity contribution is 7.92. The molecule has 2 aromatic rings. The van der Waals surface area contributed by atoms with Crippen molar-refractivity contribution in [2.45, 2.75) is 11.8 Å². The molecule has 0 saturated carbocycles. The fourth-order valence-electron chi connectivity index (χ4n) is 2.19. The fraction of sp³-hybridized carbons (Fsp3) is 0.250. The van der Waals surface area contributed by atoms with Gasteiger partial charge >= 0.3 is 0 Å². The van der Waals surface area contributed by atoms with Gasteiger partial charge in [0.05, 0.1) is 24.8 Å². The number of rotatable bonds is 6. The number of nitrogens with zero attached hydrogens (tertiary/aromatic N) is 1. The zero-order valence-corrected chi connectivity index (χ0v) is 13.9. The van der Waals surface area contributed by atoms with Crippen LogP contribution in [0.3, 0.4) is 0 Å².